The topological polar surface area (TPSA) is 93.4 Å². The van der Waals surface area contributed by atoms with Crippen LogP contribution in [0.15, 0.2) is 36.4 Å². The molecule has 0 spiro atoms. The van der Waals surface area contributed by atoms with Crippen molar-refractivity contribution in [3.05, 3.63) is 53.6 Å². The van der Waals surface area contributed by atoms with E-state index in [1.807, 2.05) is 0 Å². The van der Waals surface area contributed by atoms with Gasteiger partial charge in [0.15, 0.2) is 0 Å². The number of rotatable bonds is 4. The van der Waals surface area contributed by atoms with E-state index in [4.69, 9.17) is 10.5 Å². The second-order valence-corrected chi connectivity index (χ2v) is 4.51. The maximum Gasteiger partial charge on any atom is 0.323 e. The Bertz CT molecular complexity index is 745. The number of primary amides is 1. The Kier molecular flexibility index (Phi) is 4.75. The van der Waals surface area contributed by atoms with Gasteiger partial charge in [0.05, 0.1) is 18.4 Å². The smallest absolute Gasteiger partial charge is 0.323 e. The average Bonchev–Trinajstić information content (AvgIpc) is 2.45. The normalized spacial score (nSPS) is 10.0. The summed E-state index contributed by atoms with van der Waals surface area (Å²) < 4.78 is 31.2. The van der Waals surface area contributed by atoms with Gasteiger partial charge in [-0.2, -0.15) is 0 Å². The van der Waals surface area contributed by atoms with Crippen molar-refractivity contribution in [3.8, 4) is 5.75 Å². The summed E-state index contributed by atoms with van der Waals surface area (Å²) in [6, 6.07) is 6.06. The minimum absolute atomic E-state index is 0.0615. The molecule has 0 aromatic heterocycles. The van der Waals surface area contributed by atoms with Gasteiger partial charge in [0.25, 0.3) is 5.91 Å². The lowest BCUT2D eigenvalue weighted by molar-refractivity contribution is 0.100. The maximum atomic E-state index is 13.1. The molecule has 3 amide bonds. The van der Waals surface area contributed by atoms with E-state index in [-0.39, 0.29) is 16.9 Å². The summed E-state index contributed by atoms with van der Waals surface area (Å²) in [6.07, 6.45) is 0. The molecule has 0 bridgehead atoms. The Labute approximate surface area is 130 Å². The number of hydrogen-bond acceptors (Lipinski definition) is 3. The van der Waals surface area contributed by atoms with Crippen LogP contribution in [0.2, 0.25) is 0 Å². The molecular formula is C15H13F2N3O3. The van der Waals surface area contributed by atoms with Gasteiger partial charge in [-0.05, 0) is 24.3 Å². The highest BCUT2D eigenvalue weighted by atomic mass is 19.1. The second-order valence-electron chi connectivity index (χ2n) is 4.51. The average molecular weight is 321 g/mol. The lowest BCUT2D eigenvalue weighted by Crippen LogP contribution is -2.22. The number of carbonyl (C=O) groups is 2. The fourth-order valence-corrected chi connectivity index (χ4v) is 1.88. The molecule has 4 N–H and O–H groups in total. The van der Waals surface area contributed by atoms with Crippen LogP contribution in [0.1, 0.15) is 10.4 Å². The molecule has 120 valence electrons. The van der Waals surface area contributed by atoms with Crippen LogP contribution >= 0.6 is 0 Å². The van der Waals surface area contributed by atoms with E-state index in [0.717, 1.165) is 12.1 Å². The van der Waals surface area contributed by atoms with Crippen molar-refractivity contribution < 1.29 is 23.1 Å². The maximum absolute atomic E-state index is 13.1. The van der Waals surface area contributed by atoms with E-state index in [1.54, 1.807) is 0 Å². The molecule has 6 nitrogen and oxygen atoms in total. The number of nitrogens with two attached hydrogens (primary N) is 1. The molecule has 2 rings (SSSR count). The zero-order valence-electron chi connectivity index (χ0n) is 12.0. The second kappa shape index (κ2) is 6.73. The van der Waals surface area contributed by atoms with Crippen LogP contribution in [-0.4, -0.2) is 19.0 Å². The van der Waals surface area contributed by atoms with Gasteiger partial charge in [-0.25, -0.2) is 13.6 Å². The molecule has 23 heavy (non-hydrogen) atoms. The number of nitrogens with one attached hydrogen (secondary N) is 2. The summed E-state index contributed by atoms with van der Waals surface area (Å²) in [4.78, 5) is 23.3. The van der Waals surface area contributed by atoms with E-state index < -0.39 is 23.6 Å². The first kappa shape index (κ1) is 16.2. The standard InChI is InChI=1S/C15H13F2N3O3/c1-23-11-2-3-12(14(18)21)13(7-11)20-15(22)19-10-5-8(16)4-9(17)6-10/h2-7H,1H3,(H2,18,21)(H2,19,20,22). The molecule has 0 aliphatic heterocycles. The van der Waals surface area contributed by atoms with Crippen LogP contribution in [0.25, 0.3) is 0 Å². The van der Waals surface area contributed by atoms with Crippen molar-refractivity contribution in [2.45, 2.75) is 0 Å². The number of ether oxygens (including phenoxy) is 1. The van der Waals surface area contributed by atoms with Crippen molar-refractivity contribution in [1.29, 1.82) is 0 Å². The van der Waals surface area contributed by atoms with Crippen molar-refractivity contribution >= 4 is 23.3 Å². The van der Waals surface area contributed by atoms with Crippen molar-refractivity contribution in [1.82, 2.24) is 0 Å². The number of hydrogen-bond donors (Lipinski definition) is 3. The molecule has 0 fully saturated rings. The van der Waals surface area contributed by atoms with Crippen molar-refractivity contribution in [2.24, 2.45) is 5.73 Å². The predicted molar refractivity (Wildman–Crippen MR) is 80.5 cm³/mol. The summed E-state index contributed by atoms with van der Waals surface area (Å²) in [5.74, 6) is -2.03. The molecule has 0 unspecified atom stereocenters. The summed E-state index contributed by atoms with van der Waals surface area (Å²) >= 11 is 0. The third-order valence-corrected chi connectivity index (χ3v) is 2.86. The highest BCUT2D eigenvalue weighted by Gasteiger charge is 2.13. The first-order valence-corrected chi connectivity index (χ1v) is 6.41. The van der Waals surface area contributed by atoms with Gasteiger partial charge in [0.2, 0.25) is 0 Å². The predicted octanol–water partition coefficient (Wildman–Crippen LogP) is 2.72. The molecule has 2 aromatic rings. The van der Waals surface area contributed by atoms with Gasteiger partial charge in [-0.15, -0.1) is 0 Å². The van der Waals surface area contributed by atoms with Gasteiger partial charge < -0.3 is 21.1 Å². The number of amides is 3. The number of halogens is 2. The third-order valence-electron chi connectivity index (χ3n) is 2.86. The van der Waals surface area contributed by atoms with Crippen LogP contribution in [0.3, 0.4) is 0 Å². The number of carbonyl (C=O) groups excluding carboxylic acids is 2. The highest BCUT2D eigenvalue weighted by molar-refractivity contribution is 6.06. The number of methoxy groups -OCH3 is 1. The van der Waals surface area contributed by atoms with Crippen molar-refractivity contribution in [2.75, 3.05) is 17.7 Å². The Balaban J connectivity index is 2.20. The van der Waals surface area contributed by atoms with Gasteiger partial charge in [0, 0.05) is 17.8 Å². The van der Waals surface area contributed by atoms with Gasteiger partial charge in [-0.1, -0.05) is 0 Å². The Morgan fingerprint density at radius 3 is 2.26 bits per heavy atom. The quantitative estimate of drug-likeness (QED) is 0.808. The minimum atomic E-state index is -0.834. The summed E-state index contributed by atoms with van der Waals surface area (Å²) in [5, 5.41) is 4.63. The molecule has 0 radical (unpaired) electrons. The molecular weight excluding hydrogens is 308 g/mol. The van der Waals surface area contributed by atoms with Gasteiger partial charge in [0.1, 0.15) is 17.4 Å². The largest absolute Gasteiger partial charge is 0.497 e. The molecule has 2 aromatic carbocycles. The molecule has 0 aliphatic rings. The minimum Gasteiger partial charge on any atom is -0.497 e. The van der Waals surface area contributed by atoms with E-state index in [2.05, 4.69) is 10.6 Å². The lowest BCUT2D eigenvalue weighted by Gasteiger charge is -2.12. The van der Waals surface area contributed by atoms with Gasteiger partial charge >= 0.3 is 6.03 Å². The summed E-state index contributed by atoms with van der Waals surface area (Å²) in [6.45, 7) is 0. The molecule has 0 saturated heterocycles. The zero-order chi connectivity index (χ0) is 17.0. The monoisotopic (exact) mass is 321 g/mol. The molecule has 0 aliphatic carbocycles. The van der Waals surface area contributed by atoms with Crippen molar-refractivity contribution in [3.63, 3.8) is 0 Å². The fraction of sp³-hybridized carbons (Fsp3) is 0.0667. The van der Waals surface area contributed by atoms with Crippen LogP contribution in [-0.2, 0) is 0 Å². The third kappa shape index (κ3) is 4.16. The molecule has 0 heterocycles. The number of benzene rings is 2. The Hall–Kier alpha value is -3.16. The fourth-order valence-electron chi connectivity index (χ4n) is 1.88. The zero-order valence-corrected chi connectivity index (χ0v) is 12.0. The van der Waals surface area contributed by atoms with Crippen LogP contribution in [0.4, 0.5) is 25.0 Å². The number of anilines is 2. The van der Waals surface area contributed by atoms with Crippen LogP contribution in [0, 0.1) is 11.6 Å². The highest BCUT2D eigenvalue weighted by Crippen LogP contribution is 2.22. The Morgan fingerprint density at radius 2 is 1.70 bits per heavy atom. The summed E-state index contributed by atoms with van der Waals surface area (Å²) in [5.41, 5.74) is 5.31. The summed E-state index contributed by atoms with van der Waals surface area (Å²) in [7, 11) is 1.42. The van der Waals surface area contributed by atoms with E-state index >= 15 is 0 Å². The van der Waals surface area contributed by atoms with Crippen LogP contribution in [0.5, 0.6) is 5.75 Å². The SMILES string of the molecule is COc1ccc(C(N)=O)c(NC(=O)Nc2cc(F)cc(F)c2)c1. The number of urea groups is 1. The van der Waals surface area contributed by atoms with E-state index in [0.29, 0.717) is 11.8 Å². The van der Waals surface area contributed by atoms with E-state index in [1.165, 1.54) is 25.3 Å². The molecule has 0 saturated carbocycles. The molecule has 0 atom stereocenters. The van der Waals surface area contributed by atoms with Gasteiger partial charge in [-0.3, -0.25) is 4.79 Å². The molecule has 8 heteroatoms. The Morgan fingerprint density at radius 1 is 1.04 bits per heavy atom. The first-order chi connectivity index (χ1) is 10.9. The van der Waals surface area contributed by atoms with E-state index in [9.17, 15) is 18.4 Å². The first-order valence-electron chi connectivity index (χ1n) is 6.41. The lowest BCUT2D eigenvalue weighted by atomic mass is 10.1. The van der Waals surface area contributed by atoms with Crippen LogP contribution < -0.4 is 21.1 Å².